The highest BCUT2D eigenvalue weighted by molar-refractivity contribution is 5.97. The van der Waals surface area contributed by atoms with Gasteiger partial charge >= 0.3 is 0 Å². The normalized spacial score (nSPS) is 20.5. The Bertz CT molecular complexity index is 751. The second-order valence-electron chi connectivity index (χ2n) is 6.24. The Labute approximate surface area is 141 Å². The Balaban J connectivity index is 1.82. The molecule has 1 fully saturated rings. The van der Waals surface area contributed by atoms with Gasteiger partial charge in [-0.2, -0.15) is 5.10 Å². The quantitative estimate of drug-likeness (QED) is 0.938. The highest BCUT2D eigenvalue weighted by Crippen LogP contribution is 2.37. The number of carbonyl (C=O) groups is 2. The third-order valence-corrected chi connectivity index (χ3v) is 4.57. The molecule has 2 amide bonds. The summed E-state index contributed by atoms with van der Waals surface area (Å²) in [4.78, 5) is 26.6. The van der Waals surface area contributed by atoms with Gasteiger partial charge < -0.3 is 10.2 Å². The molecule has 1 aromatic heterocycles. The van der Waals surface area contributed by atoms with Crippen LogP contribution < -0.4 is 5.32 Å². The molecule has 0 saturated carbocycles. The van der Waals surface area contributed by atoms with Gasteiger partial charge in [0.05, 0.1) is 23.8 Å². The minimum atomic E-state index is -0.407. The summed E-state index contributed by atoms with van der Waals surface area (Å²) >= 11 is 0. The van der Waals surface area contributed by atoms with Gasteiger partial charge in [-0.1, -0.05) is 29.8 Å². The first-order valence-corrected chi connectivity index (χ1v) is 8.15. The lowest BCUT2D eigenvalue weighted by atomic mass is 9.92. The van der Waals surface area contributed by atoms with Gasteiger partial charge in [0.1, 0.15) is 0 Å². The molecule has 1 N–H and O–H groups in total. The number of amides is 2. The number of carbonyl (C=O) groups excluding carboxylic acids is 2. The molecule has 3 rings (SSSR count). The standard InChI is InChI=1S/C18H22N4O2/c1-4-22-11-14(10-19-22)20-18(24)15-9-16(23)21(3)17(15)13-7-5-12(2)6-8-13/h5-8,10-11,15,17H,4,9H2,1-3H3,(H,20,24). The summed E-state index contributed by atoms with van der Waals surface area (Å²) in [5.41, 5.74) is 2.79. The van der Waals surface area contributed by atoms with Crippen LogP contribution in [-0.2, 0) is 16.1 Å². The molecule has 6 heteroatoms. The second-order valence-corrected chi connectivity index (χ2v) is 6.24. The summed E-state index contributed by atoms with van der Waals surface area (Å²) < 4.78 is 1.75. The number of nitrogens with zero attached hydrogens (tertiary/aromatic N) is 3. The summed E-state index contributed by atoms with van der Waals surface area (Å²) in [7, 11) is 1.76. The number of nitrogens with one attached hydrogen (secondary N) is 1. The van der Waals surface area contributed by atoms with Crippen LogP contribution in [-0.4, -0.2) is 33.5 Å². The third-order valence-electron chi connectivity index (χ3n) is 4.57. The Morgan fingerprint density at radius 2 is 2.04 bits per heavy atom. The lowest BCUT2D eigenvalue weighted by Gasteiger charge is -2.25. The van der Waals surface area contributed by atoms with Crippen molar-refractivity contribution in [3.8, 4) is 0 Å². The molecule has 0 radical (unpaired) electrons. The molecule has 6 nitrogen and oxygen atoms in total. The molecule has 1 aliphatic rings. The van der Waals surface area contributed by atoms with Crippen molar-refractivity contribution in [2.75, 3.05) is 12.4 Å². The van der Waals surface area contributed by atoms with E-state index in [2.05, 4.69) is 10.4 Å². The lowest BCUT2D eigenvalue weighted by molar-refractivity contribution is -0.127. The zero-order chi connectivity index (χ0) is 17.3. The second kappa shape index (κ2) is 6.47. The number of aryl methyl sites for hydroxylation is 2. The number of hydrogen-bond donors (Lipinski definition) is 1. The predicted octanol–water partition coefficient (Wildman–Crippen LogP) is 2.37. The van der Waals surface area contributed by atoms with E-state index in [1.165, 1.54) is 0 Å². The molecule has 126 valence electrons. The van der Waals surface area contributed by atoms with Crippen LogP contribution in [0.1, 0.15) is 30.5 Å². The summed E-state index contributed by atoms with van der Waals surface area (Å²) in [6, 6.07) is 7.76. The van der Waals surface area contributed by atoms with Gasteiger partial charge in [-0.25, -0.2) is 0 Å². The average Bonchev–Trinajstić information content (AvgIpc) is 3.14. The van der Waals surface area contributed by atoms with E-state index in [4.69, 9.17) is 0 Å². The molecule has 2 aromatic rings. The topological polar surface area (TPSA) is 67.2 Å². The minimum absolute atomic E-state index is 0.00928. The van der Waals surface area contributed by atoms with Gasteiger partial charge in [0.25, 0.3) is 0 Å². The van der Waals surface area contributed by atoms with Crippen LogP contribution in [0.25, 0.3) is 0 Å². The molecule has 1 saturated heterocycles. The fraction of sp³-hybridized carbons (Fsp3) is 0.389. The zero-order valence-corrected chi connectivity index (χ0v) is 14.2. The van der Waals surface area contributed by atoms with Crippen LogP contribution in [0.15, 0.2) is 36.7 Å². The van der Waals surface area contributed by atoms with E-state index < -0.39 is 5.92 Å². The monoisotopic (exact) mass is 326 g/mol. The lowest BCUT2D eigenvalue weighted by Crippen LogP contribution is -2.29. The molecule has 1 aliphatic heterocycles. The van der Waals surface area contributed by atoms with Crippen molar-refractivity contribution in [3.05, 3.63) is 47.8 Å². The highest BCUT2D eigenvalue weighted by Gasteiger charge is 2.42. The summed E-state index contributed by atoms with van der Waals surface area (Å²) in [6.45, 7) is 4.74. The molecule has 0 aliphatic carbocycles. The van der Waals surface area contributed by atoms with Crippen LogP contribution in [0.5, 0.6) is 0 Å². The Morgan fingerprint density at radius 3 is 2.67 bits per heavy atom. The summed E-state index contributed by atoms with van der Waals surface area (Å²) in [5, 5.41) is 7.05. The van der Waals surface area contributed by atoms with E-state index in [1.54, 1.807) is 29.0 Å². The fourth-order valence-electron chi connectivity index (χ4n) is 3.16. The van der Waals surface area contributed by atoms with E-state index in [9.17, 15) is 9.59 Å². The number of likely N-dealkylation sites (tertiary alicyclic amines) is 1. The Kier molecular flexibility index (Phi) is 4.38. The number of rotatable bonds is 4. The van der Waals surface area contributed by atoms with Crippen LogP contribution in [0, 0.1) is 12.8 Å². The molecule has 0 bridgehead atoms. The maximum absolute atomic E-state index is 12.7. The van der Waals surface area contributed by atoms with E-state index in [0.29, 0.717) is 5.69 Å². The van der Waals surface area contributed by atoms with Crippen molar-refractivity contribution in [3.63, 3.8) is 0 Å². The van der Waals surface area contributed by atoms with Gasteiger partial charge in [0.15, 0.2) is 0 Å². The average molecular weight is 326 g/mol. The molecule has 1 aromatic carbocycles. The van der Waals surface area contributed by atoms with Gasteiger partial charge in [-0.05, 0) is 19.4 Å². The van der Waals surface area contributed by atoms with Gasteiger partial charge in [0.2, 0.25) is 11.8 Å². The number of aromatic nitrogens is 2. The molecule has 24 heavy (non-hydrogen) atoms. The highest BCUT2D eigenvalue weighted by atomic mass is 16.2. The maximum Gasteiger partial charge on any atom is 0.230 e. The first kappa shape index (κ1) is 16.2. The number of hydrogen-bond acceptors (Lipinski definition) is 3. The summed E-state index contributed by atoms with van der Waals surface area (Å²) in [6.07, 6.45) is 3.64. The first-order chi connectivity index (χ1) is 11.5. The smallest absolute Gasteiger partial charge is 0.230 e. The van der Waals surface area contributed by atoms with Crippen molar-refractivity contribution >= 4 is 17.5 Å². The molecular formula is C18H22N4O2. The number of anilines is 1. The van der Waals surface area contributed by atoms with Crippen LogP contribution in [0.4, 0.5) is 5.69 Å². The largest absolute Gasteiger partial charge is 0.338 e. The molecule has 2 unspecified atom stereocenters. The maximum atomic E-state index is 12.7. The van der Waals surface area contributed by atoms with E-state index in [1.807, 2.05) is 38.1 Å². The third kappa shape index (κ3) is 3.04. The van der Waals surface area contributed by atoms with Crippen molar-refractivity contribution in [1.29, 1.82) is 0 Å². The van der Waals surface area contributed by atoms with E-state index in [-0.39, 0.29) is 24.3 Å². The minimum Gasteiger partial charge on any atom is -0.338 e. The van der Waals surface area contributed by atoms with Crippen LogP contribution in [0.2, 0.25) is 0 Å². The number of benzene rings is 1. The SMILES string of the molecule is CCn1cc(NC(=O)C2CC(=O)N(C)C2c2ccc(C)cc2)cn1. The molecule has 2 heterocycles. The van der Waals surface area contributed by atoms with Crippen molar-refractivity contribution in [1.82, 2.24) is 14.7 Å². The molecule has 0 spiro atoms. The van der Waals surface area contributed by atoms with Gasteiger partial charge in [0, 0.05) is 26.2 Å². The Hall–Kier alpha value is -2.63. The van der Waals surface area contributed by atoms with Gasteiger partial charge in [-0.3, -0.25) is 14.3 Å². The van der Waals surface area contributed by atoms with Gasteiger partial charge in [-0.15, -0.1) is 0 Å². The molecular weight excluding hydrogens is 304 g/mol. The summed E-state index contributed by atoms with van der Waals surface area (Å²) in [5.74, 6) is -0.561. The predicted molar refractivity (Wildman–Crippen MR) is 91.3 cm³/mol. The Morgan fingerprint density at radius 1 is 1.33 bits per heavy atom. The van der Waals surface area contributed by atoms with Crippen molar-refractivity contribution in [2.24, 2.45) is 5.92 Å². The fourth-order valence-corrected chi connectivity index (χ4v) is 3.16. The van der Waals surface area contributed by atoms with E-state index >= 15 is 0 Å². The van der Waals surface area contributed by atoms with Crippen molar-refractivity contribution < 1.29 is 9.59 Å². The van der Waals surface area contributed by atoms with Crippen LogP contribution >= 0.6 is 0 Å². The molecule has 2 atom stereocenters. The first-order valence-electron chi connectivity index (χ1n) is 8.15. The van der Waals surface area contributed by atoms with Crippen LogP contribution in [0.3, 0.4) is 0 Å². The van der Waals surface area contributed by atoms with Crippen molar-refractivity contribution in [2.45, 2.75) is 32.9 Å². The van der Waals surface area contributed by atoms with E-state index in [0.717, 1.165) is 17.7 Å². The zero-order valence-electron chi connectivity index (χ0n) is 14.2.